The second-order valence-electron chi connectivity index (χ2n) is 7.97. The van der Waals surface area contributed by atoms with Gasteiger partial charge in [-0.05, 0) is 55.5 Å². The summed E-state index contributed by atoms with van der Waals surface area (Å²) in [5.74, 6) is 0.204. The number of carbonyl (C=O) groups is 2. The second kappa shape index (κ2) is 9.07. The molecule has 2 amide bonds. The zero-order valence-corrected chi connectivity index (χ0v) is 16.7. The van der Waals surface area contributed by atoms with Crippen LogP contribution in [0.3, 0.4) is 0 Å². The predicted molar refractivity (Wildman–Crippen MR) is 108 cm³/mol. The number of amides is 2. The fraction of sp³-hybridized carbons (Fsp3) is 0.619. The summed E-state index contributed by atoms with van der Waals surface area (Å²) in [4.78, 5) is 29.4. The maximum atomic E-state index is 12.9. The number of hydrogen-bond acceptors (Lipinski definition) is 3. The van der Waals surface area contributed by atoms with E-state index in [9.17, 15) is 9.59 Å². The minimum Gasteiger partial charge on any atom is -0.341 e. The van der Waals surface area contributed by atoms with Gasteiger partial charge in [0, 0.05) is 43.2 Å². The lowest BCUT2D eigenvalue weighted by molar-refractivity contribution is -0.134. The molecule has 1 aromatic carbocycles. The number of carbonyl (C=O) groups excluding carboxylic acids is 2. The van der Waals surface area contributed by atoms with Gasteiger partial charge in [-0.15, -0.1) is 0 Å². The van der Waals surface area contributed by atoms with Gasteiger partial charge < -0.3 is 15.5 Å². The topological polar surface area (TPSA) is 66.6 Å². The van der Waals surface area contributed by atoms with Crippen molar-refractivity contribution in [3.63, 3.8) is 0 Å². The number of rotatable bonds is 4. The lowest BCUT2D eigenvalue weighted by Crippen LogP contribution is -2.42. The first kappa shape index (κ1) is 20.2. The molecule has 1 aromatic rings. The third-order valence-corrected chi connectivity index (χ3v) is 6.35. The van der Waals surface area contributed by atoms with Crippen molar-refractivity contribution in [3.8, 4) is 0 Å². The van der Waals surface area contributed by atoms with Gasteiger partial charge in [0.25, 0.3) is 5.91 Å². The summed E-state index contributed by atoms with van der Waals surface area (Å²) in [6, 6.07) is 6.98. The van der Waals surface area contributed by atoms with Gasteiger partial charge in [0.05, 0.1) is 0 Å². The predicted octanol–water partition coefficient (Wildman–Crippen LogP) is 3.31. The summed E-state index contributed by atoms with van der Waals surface area (Å²) in [6.07, 6.45) is 7.08. The van der Waals surface area contributed by atoms with Crippen LogP contribution in [0.1, 0.15) is 55.3 Å². The van der Waals surface area contributed by atoms with Crippen LogP contribution in [0.2, 0.25) is 5.02 Å². The highest BCUT2D eigenvalue weighted by Gasteiger charge is 2.35. The monoisotopic (exact) mass is 391 g/mol. The highest BCUT2D eigenvalue weighted by molar-refractivity contribution is 6.30. The molecule has 0 atom stereocenters. The van der Waals surface area contributed by atoms with E-state index in [-0.39, 0.29) is 17.2 Å². The molecule has 0 spiro atoms. The molecule has 5 nitrogen and oxygen atoms in total. The van der Waals surface area contributed by atoms with Gasteiger partial charge in [-0.3, -0.25) is 9.59 Å². The summed E-state index contributed by atoms with van der Waals surface area (Å²) in [6.45, 7) is 3.15. The standard InChI is InChI=1S/C21H30ClN3O2/c22-18-7-5-17(6-8-18)20(27)25-12-4-11-24(13-14-25)19(26)15-21(16-23)9-2-1-3-10-21/h5-8H,1-4,9-16,23H2. The third kappa shape index (κ3) is 5.02. The Hall–Kier alpha value is -1.59. The normalized spacial score (nSPS) is 20.2. The first-order valence-corrected chi connectivity index (χ1v) is 10.4. The van der Waals surface area contributed by atoms with Crippen LogP contribution in [-0.4, -0.2) is 54.3 Å². The zero-order chi connectivity index (χ0) is 19.3. The first-order valence-electron chi connectivity index (χ1n) is 10.1. The van der Waals surface area contributed by atoms with Crippen LogP contribution in [0, 0.1) is 5.41 Å². The quantitative estimate of drug-likeness (QED) is 0.856. The molecule has 2 aliphatic rings. The molecule has 148 valence electrons. The Bertz CT molecular complexity index is 656. The summed E-state index contributed by atoms with van der Waals surface area (Å²) in [5.41, 5.74) is 6.68. The molecule has 0 aromatic heterocycles. The van der Waals surface area contributed by atoms with Crippen LogP contribution < -0.4 is 5.73 Å². The SMILES string of the molecule is NCC1(CC(=O)N2CCCN(C(=O)c3ccc(Cl)cc3)CC2)CCCCC1. The fourth-order valence-electron chi connectivity index (χ4n) is 4.33. The third-order valence-electron chi connectivity index (χ3n) is 6.10. The van der Waals surface area contributed by atoms with Gasteiger partial charge in [0.1, 0.15) is 0 Å². The van der Waals surface area contributed by atoms with Crippen molar-refractivity contribution in [2.45, 2.75) is 44.9 Å². The lowest BCUT2D eigenvalue weighted by atomic mass is 9.71. The van der Waals surface area contributed by atoms with Crippen molar-refractivity contribution in [2.75, 3.05) is 32.7 Å². The van der Waals surface area contributed by atoms with Crippen LogP contribution in [0.15, 0.2) is 24.3 Å². The van der Waals surface area contributed by atoms with E-state index in [4.69, 9.17) is 17.3 Å². The van der Waals surface area contributed by atoms with E-state index in [2.05, 4.69) is 0 Å². The van der Waals surface area contributed by atoms with Gasteiger partial charge in [0.15, 0.2) is 0 Å². The average molecular weight is 392 g/mol. The maximum Gasteiger partial charge on any atom is 0.253 e. The van der Waals surface area contributed by atoms with E-state index >= 15 is 0 Å². The molecule has 1 saturated heterocycles. The van der Waals surface area contributed by atoms with Crippen molar-refractivity contribution >= 4 is 23.4 Å². The first-order chi connectivity index (χ1) is 13.0. The Labute approximate surface area is 166 Å². The van der Waals surface area contributed by atoms with E-state index < -0.39 is 0 Å². The lowest BCUT2D eigenvalue weighted by Gasteiger charge is -2.37. The molecular formula is C21H30ClN3O2. The number of benzene rings is 1. The molecule has 1 heterocycles. The molecular weight excluding hydrogens is 362 g/mol. The van der Waals surface area contributed by atoms with Gasteiger partial charge in [-0.1, -0.05) is 30.9 Å². The van der Waals surface area contributed by atoms with Crippen molar-refractivity contribution in [1.29, 1.82) is 0 Å². The molecule has 2 N–H and O–H groups in total. The summed E-state index contributed by atoms with van der Waals surface area (Å²) >= 11 is 5.91. The van der Waals surface area contributed by atoms with Crippen LogP contribution in [-0.2, 0) is 4.79 Å². The Morgan fingerprint density at radius 3 is 2.22 bits per heavy atom. The molecule has 1 aliphatic carbocycles. The Balaban J connectivity index is 1.58. The zero-order valence-electron chi connectivity index (χ0n) is 16.0. The van der Waals surface area contributed by atoms with Crippen LogP contribution >= 0.6 is 11.6 Å². The average Bonchev–Trinajstić information content (AvgIpc) is 2.95. The van der Waals surface area contributed by atoms with E-state index in [1.54, 1.807) is 24.3 Å². The molecule has 6 heteroatoms. The number of halogens is 1. The van der Waals surface area contributed by atoms with Crippen molar-refractivity contribution in [3.05, 3.63) is 34.9 Å². The highest BCUT2D eigenvalue weighted by Crippen LogP contribution is 2.38. The van der Waals surface area contributed by atoms with Gasteiger partial charge in [0.2, 0.25) is 5.91 Å². The summed E-state index contributed by atoms with van der Waals surface area (Å²) in [5, 5.41) is 0.621. The summed E-state index contributed by atoms with van der Waals surface area (Å²) in [7, 11) is 0. The molecule has 1 saturated carbocycles. The second-order valence-corrected chi connectivity index (χ2v) is 8.41. The number of hydrogen-bond donors (Lipinski definition) is 1. The molecule has 0 bridgehead atoms. The van der Waals surface area contributed by atoms with Crippen LogP contribution in [0.25, 0.3) is 0 Å². The fourth-order valence-corrected chi connectivity index (χ4v) is 4.46. The van der Waals surface area contributed by atoms with E-state index in [0.717, 1.165) is 19.3 Å². The highest BCUT2D eigenvalue weighted by atomic mass is 35.5. The molecule has 0 radical (unpaired) electrons. The van der Waals surface area contributed by atoms with Gasteiger partial charge >= 0.3 is 0 Å². The molecule has 2 fully saturated rings. The molecule has 1 aliphatic heterocycles. The smallest absolute Gasteiger partial charge is 0.253 e. The minimum atomic E-state index is -0.0134. The van der Waals surface area contributed by atoms with Crippen molar-refractivity contribution < 1.29 is 9.59 Å². The largest absolute Gasteiger partial charge is 0.341 e. The number of nitrogens with zero attached hydrogens (tertiary/aromatic N) is 2. The van der Waals surface area contributed by atoms with Crippen LogP contribution in [0.4, 0.5) is 0 Å². The Kier molecular flexibility index (Phi) is 6.77. The van der Waals surface area contributed by atoms with E-state index in [1.807, 2.05) is 9.80 Å². The van der Waals surface area contributed by atoms with Crippen molar-refractivity contribution in [2.24, 2.45) is 11.1 Å². The Morgan fingerprint density at radius 1 is 0.926 bits per heavy atom. The van der Waals surface area contributed by atoms with Gasteiger partial charge in [-0.2, -0.15) is 0 Å². The van der Waals surface area contributed by atoms with E-state index in [0.29, 0.717) is 49.7 Å². The van der Waals surface area contributed by atoms with E-state index in [1.165, 1.54) is 19.3 Å². The Morgan fingerprint density at radius 2 is 1.56 bits per heavy atom. The van der Waals surface area contributed by atoms with Crippen LogP contribution in [0.5, 0.6) is 0 Å². The molecule has 0 unspecified atom stereocenters. The molecule has 27 heavy (non-hydrogen) atoms. The number of nitrogens with two attached hydrogens (primary N) is 1. The summed E-state index contributed by atoms with van der Waals surface area (Å²) < 4.78 is 0. The maximum absolute atomic E-state index is 12.9. The van der Waals surface area contributed by atoms with Crippen molar-refractivity contribution in [1.82, 2.24) is 9.80 Å². The van der Waals surface area contributed by atoms with Gasteiger partial charge in [-0.25, -0.2) is 0 Å². The minimum absolute atomic E-state index is 0.00618. The molecule has 3 rings (SSSR count).